The third-order valence-electron chi connectivity index (χ3n) is 4.08. The lowest BCUT2D eigenvalue weighted by molar-refractivity contribution is 0.127. The van der Waals surface area contributed by atoms with Crippen molar-refractivity contribution in [2.24, 2.45) is 11.7 Å². The van der Waals surface area contributed by atoms with Gasteiger partial charge >= 0.3 is 0 Å². The summed E-state index contributed by atoms with van der Waals surface area (Å²) in [5, 5.41) is 0. The van der Waals surface area contributed by atoms with Crippen LogP contribution < -0.4 is 5.73 Å². The van der Waals surface area contributed by atoms with Gasteiger partial charge in [0.05, 0.1) is 0 Å². The predicted octanol–water partition coefficient (Wildman–Crippen LogP) is 3.40. The van der Waals surface area contributed by atoms with Crippen molar-refractivity contribution >= 4 is 15.9 Å². The molecule has 1 aromatic rings. The van der Waals surface area contributed by atoms with Gasteiger partial charge in [0.15, 0.2) is 0 Å². The largest absolute Gasteiger partial charge is 0.330 e. The van der Waals surface area contributed by atoms with E-state index in [2.05, 4.69) is 52.1 Å². The SMILES string of the molecule is CN(Cc1ccc(Br)cc1)C1CCCCC1CN. The maximum atomic E-state index is 5.91. The molecule has 0 spiro atoms. The molecule has 1 aromatic carbocycles. The molecule has 0 saturated heterocycles. The third kappa shape index (κ3) is 3.56. The fourth-order valence-corrected chi connectivity index (χ4v) is 3.30. The fraction of sp³-hybridized carbons (Fsp3) is 0.600. The Labute approximate surface area is 119 Å². The van der Waals surface area contributed by atoms with Gasteiger partial charge in [-0.15, -0.1) is 0 Å². The molecule has 18 heavy (non-hydrogen) atoms. The normalized spacial score (nSPS) is 24.4. The number of halogens is 1. The van der Waals surface area contributed by atoms with Crippen LogP contribution in [0, 0.1) is 5.92 Å². The summed E-state index contributed by atoms with van der Waals surface area (Å²) in [6, 6.07) is 9.28. The molecule has 3 heteroatoms. The molecule has 2 nitrogen and oxygen atoms in total. The van der Waals surface area contributed by atoms with Crippen LogP contribution >= 0.6 is 15.9 Å². The van der Waals surface area contributed by atoms with Crippen LogP contribution in [0.5, 0.6) is 0 Å². The van der Waals surface area contributed by atoms with E-state index in [1.807, 2.05) is 0 Å². The highest BCUT2D eigenvalue weighted by Crippen LogP contribution is 2.28. The van der Waals surface area contributed by atoms with Gasteiger partial charge in [-0.2, -0.15) is 0 Å². The summed E-state index contributed by atoms with van der Waals surface area (Å²) in [4.78, 5) is 2.49. The van der Waals surface area contributed by atoms with E-state index in [4.69, 9.17) is 5.73 Å². The summed E-state index contributed by atoms with van der Waals surface area (Å²) < 4.78 is 1.14. The number of nitrogens with zero attached hydrogens (tertiary/aromatic N) is 1. The van der Waals surface area contributed by atoms with Crippen LogP contribution in [-0.2, 0) is 6.54 Å². The molecule has 1 aliphatic rings. The lowest BCUT2D eigenvalue weighted by Crippen LogP contribution is -2.42. The molecule has 2 rings (SSSR count). The zero-order chi connectivity index (χ0) is 13.0. The second-order valence-electron chi connectivity index (χ2n) is 5.39. The summed E-state index contributed by atoms with van der Waals surface area (Å²) in [6.45, 7) is 1.85. The number of benzene rings is 1. The lowest BCUT2D eigenvalue weighted by Gasteiger charge is -2.37. The summed E-state index contributed by atoms with van der Waals surface area (Å²) >= 11 is 3.48. The summed E-state index contributed by atoms with van der Waals surface area (Å²) in [6.07, 6.45) is 5.30. The molecule has 0 amide bonds. The van der Waals surface area contributed by atoms with Crippen molar-refractivity contribution in [3.05, 3.63) is 34.3 Å². The Kier molecular flexibility index (Phi) is 5.22. The van der Waals surface area contributed by atoms with E-state index in [0.717, 1.165) is 17.6 Å². The molecule has 0 bridgehead atoms. The first kappa shape index (κ1) is 14.0. The number of nitrogens with two attached hydrogens (primary N) is 1. The van der Waals surface area contributed by atoms with Crippen LogP contribution in [0.2, 0.25) is 0 Å². The monoisotopic (exact) mass is 310 g/mol. The first-order valence-electron chi connectivity index (χ1n) is 6.85. The topological polar surface area (TPSA) is 29.3 Å². The fourth-order valence-electron chi connectivity index (χ4n) is 3.04. The highest BCUT2D eigenvalue weighted by molar-refractivity contribution is 9.10. The van der Waals surface area contributed by atoms with E-state index >= 15 is 0 Å². The summed E-state index contributed by atoms with van der Waals surface area (Å²) in [5.41, 5.74) is 7.29. The Morgan fingerprint density at radius 2 is 1.89 bits per heavy atom. The van der Waals surface area contributed by atoms with Crippen molar-refractivity contribution in [2.45, 2.75) is 38.3 Å². The van der Waals surface area contributed by atoms with Crippen LogP contribution in [0.15, 0.2) is 28.7 Å². The molecule has 0 aliphatic heterocycles. The minimum absolute atomic E-state index is 0.660. The van der Waals surface area contributed by atoms with Crippen molar-refractivity contribution in [3.8, 4) is 0 Å². The van der Waals surface area contributed by atoms with E-state index in [1.54, 1.807) is 0 Å². The quantitative estimate of drug-likeness (QED) is 0.923. The van der Waals surface area contributed by atoms with Crippen LogP contribution in [0.4, 0.5) is 0 Å². The van der Waals surface area contributed by atoms with Gasteiger partial charge in [0.25, 0.3) is 0 Å². The Morgan fingerprint density at radius 3 is 2.56 bits per heavy atom. The Morgan fingerprint density at radius 1 is 1.22 bits per heavy atom. The Hall–Kier alpha value is -0.380. The van der Waals surface area contributed by atoms with Gasteiger partial charge in [0, 0.05) is 17.1 Å². The van der Waals surface area contributed by atoms with Crippen molar-refractivity contribution in [1.29, 1.82) is 0 Å². The van der Waals surface area contributed by atoms with Crippen LogP contribution in [0.25, 0.3) is 0 Å². The van der Waals surface area contributed by atoms with Crippen molar-refractivity contribution in [3.63, 3.8) is 0 Å². The summed E-state index contributed by atoms with van der Waals surface area (Å²) in [5.74, 6) is 0.680. The molecular weight excluding hydrogens is 288 g/mol. The first-order chi connectivity index (χ1) is 8.70. The second kappa shape index (κ2) is 6.69. The highest BCUT2D eigenvalue weighted by Gasteiger charge is 2.26. The molecule has 1 fully saturated rings. The summed E-state index contributed by atoms with van der Waals surface area (Å²) in [7, 11) is 2.24. The standard InChI is InChI=1S/C15H23BrN2/c1-18(11-12-6-8-14(16)9-7-12)15-5-3-2-4-13(15)10-17/h6-9,13,15H,2-5,10-11,17H2,1H3. The average Bonchev–Trinajstić information content (AvgIpc) is 2.41. The van der Waals surface area contributed by atoms with E-state index < -0.39 is 0 Å². The van der Waals surface area contributed by atoms with Gasteiger partial charge in [-0.05, 0) is 50.0 Å². The minimum Gasteiger partial charge on any atom is -0.330 e. The van der Waals surface area contributed by atoms with E-state index in [0.29, 0.717) is 12.0 Å². The Balaban J connectivity index is 1.97. The number of hydrogen-bond donors (Lipinski definition) is 1. The third-order valence-corrected chi connectivity index (χ3v) is 4.61. The molecule has 0 aromatic heterocycles. The lowest BCUT2D eigenvalue weighted by atomic mass is 9.83. The molecule has 2 atom stereocenters. The minimum atomic E-state index is 0.660. The molecule has 0 radical (unpaired) electrons. The smallest absolute Gasteiger partial charge is 0.0233 e. The van der Waals surface area contributed by atoms with Gasteiger partial charge in [-0.3, -0.25) is 4.90 Å². The zero-order valence-corrected chi connectivity index (χ0v) is 12.7. The van der Waals surface area contributed by atoms with Gasteiger partial charge in [-0.1, -0.05) is 40.9 Å². The van der Waals surface area contributed by atoms with Gasteiger partial charge < -0.3 is 5.73 Å². The van der Waals surface area contributed by atoms with E-state index in [9.17, 15) is 0 Å². The number of hydrogen-bond acceptors (Lipinski definition) is 2. The first-order valence-corrected chi connectivity index (χ1v) is 7.64. The highest BCUT2D eigenvalue weighted by atomic mass is 79.9. The van der Waals surface area contributed by atoms with E-state index in [1.165, 1.54) is 31.2 Å². The van der Waals surface area contributed by atoms with Crippen molar-refractivity contribution < 1.29 is 0 Å². The molecular formula is C15H23BrN2. The molecule has 0 heterocycles. The van der Waals surface area contributed by atoms with Crippen LogP contribution in [-0.4, -0.2) is 24.5 Å². The molecule has 2 N–H and O–H groups in total. The zero-order valence-electron chi connectivity index (χ0n) is 11.1. The van der Waals surface area contributed by atoms with Gasteiger partial charge in [-0.25, -0.2) is 0 Å². The average molecular weight is 311 g/mol. The van der Waals surface area contributed by atoms with E-state index in [-0.39, 0.29) is 0 Å². The molecule has 1 aliphatic carbocycles. The molecule has 2 unspecified atom stereocenters. The maximum absolute atomic E-state index is 5.91. The van der Waals surface area contributed by atoms with Crippen LogP contribution in [0.1, 0.15) is 31.2 Å². The predicted molar refractivity (Wildman–Crippen MR) is 80.4 cm³/mol. The molecule has 100 valence electrons. The molecule has 1 saturated carbocycles. The second-order valence-corrected chi connectivity index (χ2v) is 6.30. The van der Waals surface area contributed by atoms with Crippen LogP contribution in [0.3, 0.4) is 0 Å². The van der Waals surface area contributed by atoms with Gasteiger partial charge in [0.1, 0.15) is 0 Å². The number of rotatable bonds is 4. The van der Waals surface area contributed by atoms with Crippen molar-refractivity contribution in [1.82, 2.24) is 4.90 Å². The Bertz CT molecular complexity index is 363. The van der Waals surface area contributed by atoms with Crippen molar-refractivity contribution in [2.75, 3.05) is 13.6 Å². The maximum Gasteiger partial charge on any atom is 0.0233 e. The van der Waals surface area contributed by atoms with Gasteiger partial charge in [0.2, 0.25) is 0 Å².